The largest absolute Gasteiger partial charge is 0.291 e. The van der Waals surface area contributed by atoms with Crippen molar-refractivity contribution in [3.05, 3.63) is 63.4 Å². The van der Waals surface area contributed by atoms with Gasteiger partial charge in [-0.25, -0.2) is 0 Å². The van der Waals surface area contributed by atoms with E-state index in [4.69, 9.17) is 11.6 Å². The van der Waals surface area contributed by atoms with E-state index in [0.717, 1.165) is 21.5 Å². The maximum absolute atomic E-state index is 12.4. The number of hydrogen-bond donors (Lipinski definition) is 3. The normalized spacial score (nSPS) is 10.9. The van der Waals surface area contributed by atoms with Crippen LogP contribution in [0.1, 0.15) is 31.4 Å². The number of amides is 2. The fourth-order valence-electron chi connectivity index (χ4n) is 2.67. The number of aryl methyl sites for hydroxylation is 1. The Labute approximate surface area is 167 Å². The van der Waals surface area contributed by atoms with Crippen molar-refractivity contribution < 1.29 is 9.59 Å². The molecule has 0 bridgehead atoms. The summed E-state index contributed by atoms with van der Waals surface area (Å²) in [6.07, 6.45) is 1.26. The van der Waals surface area contributed by atoms with Crippen molar-refractivity contribution in [2.24, 2.45) is 0 Å². The molecule has 0 spiro atoms. The summed E-state index contributed by atoms with van der Waals surface area (Å²) >= 11 is 7.53. The third kappa shape index (κ3) is 3.47. The van der Waals surface area contributed by atoms with Gasteiger partial charge in [-0.1, -0.05) is 29.8 Å². The van der Waals surface area contributed by atoms with Crippen molar-refractivity contribution in [1.82, 2.24) is 36.0 Å². The van der Waals surface area contributed by atoms with Crippen LogP contribution in [0.4, 0.5) is 0 Å². The molecular formula is C17H14ClN7O2S. The molecule has 1 aromatic carbocycles. The van der Waals surface area contributed by atoms with E-state index in [-0.39, 0.29) is 5.69 Å². The number of rotatable bonds is 4. The first-order valence-corrected chi connectivity index (χ1v) is 9.39. The number of aromatic amines is 1. The molecule has 0 saturated carbocycles. The second-order valence-electron chi connectivity index (χ2n) is 5.93. The minimum absolute atomic E-state index is 0.0721. The summed E-state index contributed by atoms with van der Waals surface area (Å²) in [4.78, 5) is 25.5. The molecule has 0 fully saturated rings. The molecule has 0 aliphatic heterocycles. The van der Waals surface area contributed by atoms with Crippen LogP contribution in [0, 0.1) is 6.92 Å². The minimum Gasteiger partial charge on any atom is -0.266 e. The number of hydrazine groups is 1. The number of carbonyl (C=O) groups is 2. The number of benzene rings is 1. The Balaban J connectivity index is 1.53. The van der Waals surface area contributed by atoms with Gasteiger partial charge in [-0.05, 0) is 24.6 Å². The van der Waals surface area contributed by atoms with Crippen LogP contribution in [0.15, 0.2) is 36.5 Å². The molecule has 4 rings (SSSR count). The molecule has 0 unspecified atom stereocenters. The highest BCUT2D eigenvalue weighted by Crippen LogP contribution is 2.29. The van der Waals surface area contributed by atoms with E-state index in [1.807, 2.05) is 35.9 Å². The lowest BCUT2D eigenvalue weighted by atomic mass is 10.2. The minimum atomic E-state index is -0.565. The highest BCUT2D eigenvalue weighted by atomic mass is 35.5. The van der Waals surface area contributed by atoms with E-state index in [0.29, 0.717) is 16.4 Å². The van der Waals surface area contributed by atoms with Crippen LogP contribution >= 0.6 is 22.9 Å². The summed E-state index contributed by atoms with van der Waals surface area (Å²) in [5.41, 5.74) is 6.50. The number of aromatic nitrogens is 5. The van der Waals surface area contributed by atoms with Crippen molar-refractivity contribution in [3.8, 4) is 0 Å². The fraction of sp³-hybridized carbons (Fsp3) is 0.118. The van der Waals surface area contributed by atoms with Gasteiger partial charge in [0.05, 0.1) is 23.3 Å². The van der Waals surface area contributed by atoms with Crippen LogP contribution in [0.2, 0.25) is 5.02 Å². The third-order valence-corrected chi connectivity index (χ3v) is 5.56. The molecule has 0 aliphatic carbocycles. The Hall–Kier alpha value is -3.24. The van der Waals surface area contributed by atoms with E-state index in [1.54, 1.807) is 6.07 Å². The van der Waals surface area contributed by atoms with Gasteiger partial charge < -0.3 is 0 Å². The highest BCUT2D eigenvalue weighted by Gasteiger charge is 2.18. The number of hydrogen-bond acceptors (Lipinski definition) is 6. The second-order valence-corrected chi connectivity index (χ2v) is 7.37. The van der Waals surface area contributed by atoms with E-state index in [1.165, 1.54) is 17.5 Å². The van der Waals surface area contributed by atoms with E-state index < -0.39 is 11.8 Å². The van der Waals surface area contributed by atoms with E-state index >= 15 is 0 Å². The maximum atomic E-state index is 12.4. The quantitative estimate of drug-likeness (QED) is 0.442. The Morgan fingerprint density at radius 3 is 2.79 bits per heavy atom. The van der Waals surface area contributed by atoms with Crippen LogP contribution in [0.5, 0.6) is 0 Å². The summed E-state index contributed by atoms with van der Waals surface area (Å²) in [6, 6.07) is 9.31. The van der Waals surface area contributed by atoms with Crippen LogP contribution in [-0.2, 0) is 6.54 Å². The number of halogens is 1. The van der Waals surface area contributed by atoms with Crippen molar-refractivity contribution in [1.29, 1.82) is 0 Å². The molecule has 0 aliphatic rings. The van der Waals surface area contributed by atoms with Crippen molar-refractivity contribution in [2.75, 3.05) is 0 Å². The zero-order valence-electron chi connectivity index (χ0n) is 14.6. The smallest absolute Gasteiger partial charge is 0.266 e. The van der Waals surface area contributed by atoms with Crippen LogP contribution in [-0.4, -0.2) is 37.0 Å². The summed E-state index contributed by atoms with van der Waals surface area (Å²) in [7, 11) is 0. The van der Waals surface area contributed by atoms with Gasteiger partial charge in [-0.15, -0.1) is 11.3 Å². The van der Waals surface area contributed by atoms with Gasteiger partial charge in [0.25, 0.3) is 11.8 Å². The Bertz CT molecular complexity index is 1170. The lowest BCUT2D eigenvalue weighted by Crippen LogP contribution is -2.41. The molecule has 28 heavy (non-hydrogen) atoms. The van der Waals surface area contributed by atoms with Crippen LogP contribution < -0.4 is 10.9 Å². The Kier molecular flexibility index (Phi) is 4.80. The van der Waals surface area contributed by atoms with Gasteiger partial charge in [0, 0.05) is 10.4 Å². The number of nitrogens with zero attached hydrogens (tertiary/aromatic N) is 4. The van der Waals surface area contributed by atoms with Gasteiger partial charge in [0.1, 0.15) is 4.83 Å². The Morgan fingerprint density at radius 1 is 1.25 bits per heavy atom. The zero-order chi connectivity index (χ0) is 19.7. The molecule has 0 saturated heterocycles. The molecule has 4 aromatic rings. The van der Waals surface area contributed by atoms with Crippen molar-refractivity contribution in [2.45, 2.75) is 13.5 Å². The highest BCUT2D eigenvalue weighted by molar-refractivity contribution is 7.20. The molecule has 9 nitrogen and oxygen atoms in total. The standard InChI is InChI=1S/C17H14ClN7O2S/c1-9-11-6-14(16(27)22-21-15(26)13-7-19-24-20-13)28-17(11)25(23-9)8-10-4-2-3-5-12(10)18/h2-7H,8H2,1H3,(H,21,26)(H,22,27)(H,19,20,24). The first kappa shape index (κ1) is 18.1. The number of nitrogens with one attached hydrogen (secondary N) is 3. The second kappa shape index (κ2) is 7.41. The van der Waals surface area contributed by atoms with E-state index in [2.05, 4.69) is 31.4 Å². The first-order valence-electron chi connectivity index (χ1n) is 8.19. The van der Waals surface area contributed by atoms with Gasteiger partial charge in [0.2, 0.25) is 0 Å². The third-order valence-electron chi connectivity index (χ3n) is 4.05. The zero-order valence-corrected chi connectivity index (χ0v) is 16.1. The average Bonchev–Trinajstić information content (AvgIpc) is 3.41. The molecule has 142 valence electrons. The van der Waals surface area contributed by atoms with Gasteiger partial charge in [0.15, 0.2) is 5.69 Å². The molecule has 3 N–H and O–H groups in total. The molecule has 3 heterocycles. The summed E-state index contributed by atoms with van der Waals surface area (Å²) in [5.74, 6) is -0.994. The lowest BCUT2D eigenvalue weighted by Gasteiger charge is -2.05. The molecule has 0 radical (unpaired) electrons. The summed E-state index contributed by atoms with van der Waals surface area (Å²) in [6.45, 7) is 2.38. The lowest BCUT2D eigenvalue weighted by molar-refractivity contribution is 0.0846. The van der Waals surface area contributed by atoms with Gasteiger partial charge in [-0.3, -0.25) is 25.1 Å². The number of carbonyl (C=O) groups excluding carboxylic acids is 2. The maximum Gasteiger partial charge on any atom is 0.291 e. The monoisotopic (exact) mass is 415 g/mol. The predicted octanol–water partition coefficient (Wildman–Crippen LogP) is 2.30. The molecular weight excluding hydrogens is 402 g/mol. The van der Waals surface area contributed by atoms with Crippen LogP contribution in [0.25, 0.3) is 10.2 Å². The Morgan fingerprint density at radius 2 is 2.04 bits per heavy atom. The number of H-pyrrole nitrogens is 1. The fourth-order valence-corrected chi connectivity index (χ4v) is 3.92. The van der Waals surface area contributed by atoms with Crippen molar-refractivity contribution in [3.63, 3.8) is 0 Å². The SMILES string of the molecule is Cc1nn(Cc2ccccc2Cl)c2sc(C(=O)NNC(=O)c3cn[nH]n3)cc12. The topological polar surface area (TPSA) is 118 Å². The summed E-state index contributed by atoms with van der Waals surface area (Å²) < 4.78 is 1.82. The molecule has 0 atom stereocenters. The number of thiophene rings is 1. The van der Waals surface area contributed by atoms with Gasteiger partial charge in [-0.2, -0.15) is 20.5 Å². The first-order chi connectivity index (χ1) is 13.5. The van der Waals surface area contributed by atoms with Crippen LogP contribution in [0.3, 0.4) is 0 Å². The molecule has 2 amide bonds. The predicted molar refractivity (Wildman–Crippen MR) is 104 cm³/mol. The van der Waals surface area contributed by atoms with Gasteiger partial charge >= 0.3 is 0 Å². The number of fused-ring (bicyclic) bond motifs is 1. The molecule has 3 aromatic heterocycles. The molecule has 11 heteroatoms. The van der Waals surface area contributed by atoms with E-state index in [9.17, 15) is 9.59 Å². The summed E-state index contributed by atoms with van der Waals surface area (Å²) in [5, 5.41) is 15.6. The van der Waals surface area contributed by atoms with Crippen molar-refractivity contribution >= 4 is 45.0 Å². The average molecular weight is 416 g/mol.